The van der Waals surface area contributed by atoms with E-state index in [9.17, 15) is 14.4 Å². The van der Waals surface area contributed by atoms with E-state index in [0.717, 1.165) is 12.0 Å². The van der Waals surface area contributed by atoms with Gasteiger partial charge in [0.1, 0.15) is 0 Å². The topological polar surface area (TPSA) is 63.7 Å². The number of anilines is 1. The van der Waals surface area contributed by atoms with E-state index in [1.165, 1.54) is 6.92 Å². The summed E-state index contributed by atoms with van der Waals surface area (Å²) in [6, 6.07) is 8.18. The first-order valence-corrected chi connectivity index (χ1v) is 4.56. The normalized spacial score (nSPS) is 9.38. The second kappa shape index (κ2) is 5.06. The van der Waals surface area contributed by atoms with Gasteiger partial charge in [0, 0.05) is 6.92 Å². The highest BCUT2D eigenvalue weighted by Crippen LogP contribution is 2.13. The zero-order valence-electron chi connectivity index (χ0n) is 8.97. The number of para-hydroxylation sites is 1. The Morgan fingerprint density at radius 3 is 2.12 bits per heavy atom. The SMILES string of the molecule is COC(=O)C(=O)N(C(C)=O)c1ccccc1. The van der Waals surface area contributed by atoms with Crippen molar-refractivity contribution in [1.82, 2.24) is 0 Å². The standard InChI is InChI=1S/C11H11NO4/c1-8(13)12(10(14)11(15)16-2)9-6-4-3-5-7-9/h3-7H,1-2H3. The van der Waals surface area contributed by atoms with Crippen molar-refractivity contribution in [2.45, 2.75) is 6.92 Å². The molecule has 84 valence electrons. The summed E-state index contributed by atoms with van der Waals surface area (Å²) in [4.78, 5) is 34.7. The van der Waals surface area contributed by atoms with E-state index in [4.69, 9.17) is 0 Å². The number of benzene rings is 1. The second-order valence-corrected chi connectivity index (χ2v) is 2.99. The van der Waals surface area contributed by atoms with Crippen molar-refractivity contribution >= 4 is 23.5 Å². The smallest absolute Gasteiger partial charge is 0.397 e. The molecule has 0 fully saturated rings. The van der Waals surface area contributed by atoms with Gasteiger partial charge in [-0.1, -0.05) is 18.2 Å². The summed E-state index contributed by atoms with van der Waals surface area (Å²) >= 11 is 0. The number of amides is 2. The van der Waals surface area contributed by atoms with Gasteiger partial charge in [0.05, 0.1) is 12.8 Å². The zero-order chi connectivity index (χ0) is 12.1. The van der Waals surface area contributed by atoms with E-state index in [0.29, 0.717) is 5.69 Å². The fraction of sp³-hybridized carbons (Fsp3) is 0.182. The lowest BCUT2D eigenvalue weighted by molar-refractivity contribution is -0.152. The van der Waals surface area contributed by atoms with Gasteiger partial charge in [0.2, 0.25) is 5.91 Å². The van der Waals surface area contributed by atoms with E-state index in [-0.39, 0.29) is 0 Å². The van der Waals surface area contributed by atoms with Gasteiger partial charge >= 0.3 is 11.9 Å². The highest BCUT2D eigenvalue weighted by atomic mass is 16.5. The quantitative estimate of drug-likeness (QED) is 0.518. The third kappa shape index (κ3) is 2.44. The van der Waals surface area contributed by atoms with Crippen LogP contribution in [0.15, 0.2) is 30.3 Å². The van der Waals surface area contributed by atoms with Crippen molar-refractivity contribution in [1.29, 1.82) is 0 Å². The molecular weight excluding hydrogens is 210 g/mol. The van der Waals surface area contributed by atoms with E-state index < -0.39 is 17.8 Å². The Balaban J connectivity index is 3.06. The molecule has 5 heteroatoms. The molecule has 0 heterocycles. The third-order valence-electron chi connectivity index (χ3n) is 1.89. The monoisotopic (exact) mass is 221 g/mol. The molecule has 0 aromatic heterocycles. The van der Waals surface area contributed by atoms with Crippen LogP contribution < -0.4 is 4.90 Å². The fourth-order valence-electron chi connectivity index (χ4n) is 1.20. The molecular formula is C11H11NO4. The molecule has 2 amide bonds. The summed E-state index contributed by atoms with van der Waals surface area (Å²) in [7, 11) is 1.09. The van der Waals surface area contributed by atoms with Crippen LogP contribution in [0, 0.1) is 0 Å². The number of methoxy groups -OCH3 is 1. The molecule has 1 rings (SSSR count). The minimum atomic E-state index is -1.07. The number of nitrogens with zero attached hydrogens (tertiary/aromatic N) is 1. The molecule has 0 aliphatic carbocycles. The van der Waals surface area contributed by atoms with Gasteiger partial charge < -0.3 is 4.74 Å². The second-order valence-electron chi connectivity index (χ2n) is 2.99. The number of carbonyl (C=O) groups is 3. The Morgan fingerprint density at radius 1 is 1.12 bits per heavy atom. The molecule has 0 unspecified atom stereocenters. The van der Waals surface area contributed by atoms with Crippen molar-refractivity contribution in [2.75, 3.05) is 12.0 Å². The predicted octanol–water partition coefficient (Wildman–Crippen LogP) is 0.739. The lowest BCUT2D eigenvalue weighted by Gasteiger charge is -2.17. The summed E-state index contributed by atoms with van der Waals surface area (Å²) in [5, 5.41) is 0. The van der Waals surface area contributed by atoms with Gasteiger partial charge in [-0.3, -0.25) is 9.59 Å². The fourth-order valence-corrected chi connectivity index (χ4v) is 1.20. The van der Waals surface area contributed by atoms with Crippen LogP contribution >= 0.6 is 0 Å². The predicted molar refractivity (Wildman–Crippen MR) is 56.6 cm³/mol. The minimum absolute atomic E-state index is 0.338. The van der Waals surface area contributed by atoms with E-state index >= 15 is 0 Å². The van der Waals surface area contributed by atoms with E-state index in [1.54, 1.807) is 30.3 Å². The van der Waals surface area contributed by atoms with Crippen LogP contribution in [0.5, 0.6) is 0 Å². The Hall–Kier alpha value is -2.17. The average molecular weight is 221 g/mol. The Bertz CT molecular complexity index is 413. The maximum absolute atomic E-state index is 11.5. The van der Waals surface area contributed by atoms with Crippen molar-refractivity contribution in [3.05, 3.63) is 30.3 Å². The molecule has 1 aromatic rings. The first-order chi connectivity index (χ1) is 7.57. The average Bonchev–Trinajstić information content (AvgIpc) is 2.29. The number of ether oxygens (including phenoxy) is 1. The number of esters is 1. The third-order valence-corrected chi connectivity index (χ3v) is 1.89. The first kappa shape index (κ1) is 11.9. The van der Waals surface area contributed by atoms with Crippen LogP contribution in [-0.4, -0.2) is 24.9 Å². The minimum Gasteiger partial charge on any atom is -0.462 e. The number of carbonyl (C=O) groups excluding carboxylic acids is 3. The van der Waals surface area contributed by atoms with Crippen LogP contribution in [0.4, 0.5) is 5.69 Å². The van der Waals surface area contributed by atoms with Gasteiger partial charge in [-0.2, -0.15) is 0 Å². The van der Waals surface area contributed by atoms with Gasteiger partial charge in [0.25, 0.3) is 0 Å². The molecule has 0 saturated carbocycles. The molecule has 0 bridgehead atoms. The van der Waals surface area contributed by atoms with E-state index in [2.05, 4.69) is 4.74 Å². The highest BCUT2D eigenvalue weighted by molar-refractivity contribution is 6.43. The zero-order valence-corrected chi connectivity index (χ0v) is 8.97. The molecule has 0 radical (unpaired) electrons. The van der Waals surface area contributed by atoms with Crippen LogP contribution in [0.25, 0.3) is 0 Å². The Morgan fingerprint density at radius 2 is 1.69 bits per heavy atom. The summed E-state index contributed by atoms with van der Waals surface area (Å²) in [5.74, 6) is -2.61. The van der Waals surface area contributed by atoms with Gasteiger partial charge in [-0.25, -0.2) is 9.69 Å². The molecule has 0 atom stereocenters. The van der Waals surface area contributed by atoms with Crippen LogP contribution in [0.2, 0.25) is 0 Å². The maximum atomic E-state index is 11.5. The highest BCUT2D eigenvalue weighted by Gasteiger charge is 2.27. The van der Waals surface area contributed by atoms with Crippen molar-refractivity contribution in [2.24, 2.45) is 0 Å². The number of hydrogen-bond donors (Lipinski definition) is 0. The molecule has 16 heavy (non-hydrogen) atoms. The van der Waals surface area contributed by atoms with Crippen LogP contribution in [-0.2, 0) is 19.1 Å². The van der Waals surface area contributed by atoms with Crippen molar-refractivity contribution in [3.8, 4) is 0 Å². The molecule has 0 aliphatic rings. The Labute approximate surface area is 92.6 Å². The number of hydrogen-bond acceptors (Lipinski definition) is 4. The Kier molecular flexibility index (Phi) is 3.77. The molecule has 0 spiro atoms. The first-order valence-electron chi connectivity index (χ1n) is 4.56. The lowest BCUT2D eigenvalue weighted by Crippen LogP contribution is -2.40. The van der Waals surface area contributed by atoms with Crippen LogP contribution in [0.3, 0.4) is 0 Å². The summed E-state index contributed by atoms with van der Waals surface area (Å²) in [5.41, 5.74) is 0.338. The lowest BCUT2D eigenvalue weighted by atomic mass is 10.3. The largest absolute Gasteiger partial charge is 0.462 e. The number of imide groups is 1. The van der Waals surface area contributed by atoms with Crippen molar-refractivity contribution < 1.29 is 19.1 Å². The molecule has 0 aliphatic heterocycles. The van der Waals surface area contributed by atoms with E-state index in [1.807, 2.05) is 0 Å². The summed E-state index contributed by atoms with van der Waals surface area (Å²) < 4.78 is 4.28. The van der Waals surface area contributed by atoms with Gasteiger partial charge in [-0.05, 0) is 12.1 Å². The summed E-state index contributed by atoms with van der Waals surface area (Å²) in [6.07, 6.45) is 0. The van der Waals surface area contributed by atoms with Gasteiger partial charge in [-0.15, -0.1) is 0 Å². The summed E-state index contributed by atoms with van der Waals surface area (Å²) in [6.45, 7) is 1.20. The maximum Gasteiger partial charge on any atom is 0.397 e. The molecule has 5 nitrogen and oxygen atoms in total. The van der Waals surface area contributed by atoms with Crippen LogP contribution in [0.1, 0.15) is 6.92 Å². The van der Waals surface area contributed by atoms with Gasteiger partial charge in [0.15, 0.2) is 0 Å². The van der Waals surface area contributed by atoms with Crippen molar-refractivity contribution in [3.63, 3.8) is 0 Å². The molecule has 0 N–H and O–H groups in total. The molecule has 1 aromatic carbocycles. The molecule has 0 saturated heterocycles. The number of rotatable bonds is 1.